The van der Waals surface area contributed by atoms with Gasteiger partial charge in [-0.2, -0.15) is 0 Å². The molecule has 0 aliphatic heterocycles. The van der Waals surface area contributed by atoms with Crippen molar-refractivity contribution in [1.82, 2.24) is 10.6 Å². The van der Waals surface area contributed by atoms with E-state index in [1.165, 1.54) is 0 Å². The molecular weight excluding hydrogens is 486 g/mol. The smallest absolute Gasteiger partial charge is 0.237 e. The molecule has 0 aliphatic carbocycles. The highest BCUT2D eigenvalue weighted by atomic mass is 16.5. The van der Waals surface area contributed by atoms with Gasteiger partial charge in [0.2, 0.25) is 12.3 Å². The van der Waals surface area contributed by atoms with Gasteiger partial charge in [-0.15, -0.1) is 0 Å². The van der Waals surface area contributed by atoms with Crippen molar-refractivity contribution in [1.29, 1.82) is 0 Å². The van der Waals surface area contributed by atoms with Crippen molar-refractivity contribution in [2.75, 3.05) is 19.1 Å². The summed E-state index contributed by atoms with van der Waals surface area (Å²) in [6, 6.07) is 28.4. The van der Waals surface area contributed by atoms with Gasteiger partial charge in [-0.3, -0.25) is 9.59 Å². The van der Waals surface area contributed by atoms with Crippen molar-refractivity contribution in [3.8, 4) is 16.9 Å². The van der Waals surface area contributed by atoms with Crippen molar-refractivity contribution >= 4 is 28.8 Å². The number of nitrogens with one attached hydrogen (secondary N) is 2. The van der Waals surface area contributed by atoms with Crippen molar-refractivity contribution in [2.24, 2.45) is 0 Å². The number of hydrogen-bond donors (Lipinski definition) is 2. The van der Waals surface area contributed by atoms with Gasteiger partial charge in [-0.25, -0.2) is 0 Å². The van der Waals surface area contributed by atoms with Crippen molar-refractivity contribution in [3.63, 3.8) is 0 Å². The second-order valence-corrected chi connectivity index (χ2v) is 9.87. The van der Waals surface area contributed by atoms with Gasteiger partial charge < -0.3 is 20.3 Å². The number of anilines is 1. The molecule has 0 heterocycles. The second-order valence-electron chi connectivity index (χ2n) is 9.87. The van der Waals surface area contributed by atoms with Crippen LogP contribution in [0.25, 0.3) is 21.9 Å². The van der Waals surface area contributed by atoms with E-state index in [1.54, 1.807) is 19.1 Å². The summed E-state index contributed by atoms with van der Waals surface area (Å²) in [5.74, 6) is 0.723. The molecule has 4 aromatic carbocycles. The fraction of sp³-hybridized carbons (Fsp3) is 0.273. The zero-order chi connectivity index (χ0) is 27.8. The Morgan fingerprint density at radius 2 is 1.69 bits per heavy atom. The molecule has 4 rings (SSSR count). The molecule has 202 valence electrons. The molecule has 2 N–H and O–H groups in total. The summed E-state index contributed by atoms with van der Waals surface area (Å²) < 4.78 is 5.74. The first kappa shape index (κ1) is 27.9. The third-order valence-corrected chi connectivity index (χ3v) is 7.23. The predicted molar refractivity (Wildman–Crippen MR) is 159 cm³/mol. The van der Waals surface area contributed by atoms with Gasteiger partial charge in [0.05, 0.1) is 19.7 Å². The number of carbonyl (C=O) groups excluding carboxylic acids is 2. The van der Waals surface area contributed by atoms with Gasteiger partial charge in [0, 0.05) is 17.3 Å². The van der Waals surface area contributed by atoms with E-state index in [0.29, 0.717) is 6.54 Å². The Labute approximate surface area is 231 Å². The first-order valence-corrected chi connectivity index (χ1v) is 13.4. The van der Waals surface area contributed by atoms with E-state index in [9.17, 15) is 9.59 Å². The molecular formula is C33H37N3O3. The maximum absolute atomic E-state index is 12.4. The van der Waals surface area contributed by atoms with Crippen LogP contribution in [-0.2, 0) is 22.6 Å². The van der Waals surface area contributed by atoms with Crippen LogP contribution in [0.15, 0.2) is 84.9 Å². The predicted octanol–water partition coefficient (Wildman–Crippen LogP) is 5.72. The number of likely N-dealkylation sites (N-methyl/N-ethyl adjacent to an activating group) is 1. The molecule has 4 aromatic rings. The Kier molecular flexibility index (Phi) is 9.34. The van der Waals surface area contributed by atoms with Gasteiger partial charge in [-0.1, -0.05) is 66.7 Å². The number of ether oxygens (including phenoxy) is 1. The quantitative estimate of drug-likeness (QED) is 0.233. The Balaban J connectivity index is 1.59. The SMILES string of the molecule is CN[C@@H](C)C(=O)NC(C)CCc1ccccc1N(C=O)Cc1c(OC)ccc2cc(-c3ccccc3)ccc12. The number of benzene rings is 4. The van der Waals surface area contributed by atoms with Crippen molar-refractivity contribution in [3.05, 3.63) is 96.1 Å². The summed E-state index contributed by atoms with van der Waals surface area (Å²) in [5.41, 5.74) is 5.17. The number of amides is 2. The van der Waals surface area contributed by atoms with E-state index < -0.39 is 0 Å². The minimum Gasteiger partial charge on any atom is -0.496 e. The van der Waals surface area contributed by atoms with Crippen LogP contribution in [0, 0.1) is 0 Å². The molecule has 0 fully saturated rings. The molecule has 0 spiro atoms. The fourth-order valence-electron chi connectivity index (χ4n) is 4.83. The number of hydrogen-bond acceptors (Lipinski definition) is 4. The minimum absolute atomic E-state index is 0.00279. The standard InChI is InChI=1S/C33H37N3O3/c1-23(35-33(38)24(2)34-3)14-15-26-12-8-9-13-31(26)36(22-37)21-30-29-18-16-27(25-10-6-5-7-11-25)20-28(29)17-19-32(30)39-4/h5-13,16-20,22-24,34H,14-15,21H2,1-4H3,(H,35,38)/t23?,24-/m0/s1. The van der Waals surface area contributed by atoms with Gasteiger partial charge in [0.1, 0.15) is 5.75 Å². The summed E-state index contributed by atoms with van der Waals surface area (Å²) in [6.07, 6.45) is 2.37. The molecule has 6 heteroatoms. The van der Waals surface area contributed by atoms with Crippen LogP contribution in [-0.4, -0.2) is 38.6 Å². The topological polar surface area (TPSA) is 70.7 Å². The first-order chi connectivity index (χ1) is 18.9. The highest BCUT2D eigenvalue weighted by molar-refractivity contribution is 5.92. The molecule has 0 saturated carbocycles. The summed E-state index contributed by atoms with van der Waals surface area (Å²) in [6.45, 7) is 4.21. The average Bonchev–Trinajstić information content (AvgIpc) is 2.98. The Morgan fingerprint density at radius 3 is 2.41 bits per heavy atom. The van der Waals surface area contributed by atoms with Crippen molar-refractivity contribution < 1.29 is 14.3 Å². The van der Waals surface area contributed by atoms with Crippen LogP contribution in [0.4, 0.5) is 5.69 Å². The number of fused-ring (bicyclic) bond motifs is 1. The molecule has 0 bridgehead atoms. The summed E-state index contributed by atoms with van der Waals surface area (Å²) in [7, 11) is 3.43. The zero-order valence-corrected chi connectivity index (χ0v) is 23.1. The highest BCUT2D eigenvalue weighted by Gasteiger charge is 2.18. The van der Waals surface area contributed by atoms with E-state index in [2.05, 4.69) is 47.0 Å². The lowest BCUT2D eigenvalue weighted by atomic mass is 9.97. The van der Waals surface area contributed by atoms with Gasteiger partial charge in [0.15, 0.2) is 0 Å². The summed E-state index contributed by atoms with van der Waals surface area (Å²) in [5, 5.41) is 8.16. The van der Waals surface area contributed by atoms with E-state index in [-0.39, 0.29) is 18.0 Å². The van der Waals surface area contributed by atoms with Crippen LogP contribution >= 0.6 is 0 Å². The van der Waals surface area contributed by atoms with E-state index >= 15 is 0 Å². The third kappa shape index (κ3) is 6.65. The largest absolute Gasteiger partial charge is 0.496 e. The lowest BCUT2D eigenvalue weighted by Crippen LogP contribution is -2.44. The maximum Gasteiger partial charge on any atom is 0.237 e. The Morgan fingerprint density at radius 1 is 0.949 bits per heavy atom. The Bertz CT molecular complexity index is 1420. The van der Waals surface area contributed by atoms with Crippen LogP contribution < -0.4 is 20.3 Å². The van der Waals surface area contributed by atoms with Crippen LogP contribution in [0.3, 0.4) is 0 Å². The lowest BCUT2D eigenvalue weighted by Gasteiger charge is -2.24. The first-order valence-electron chi connectivity index (χ1n) is 13.4. The number of nitrogens with zero attached hydrogens (tertiary/aromatic N) is 1. The zero-order valence-electron chi connectivity index (χ0n) is 23.1. The normalized spacial score (nSPS) is 12.5. The molecule has 0 aliphatic rings. The average molecular weight is 524 g/mol. The molecule has 0 radical (unpaired) electrons. The molecule has 39 heavy (non-hydrogen) atoms. The summed E-state index contributed by atoms with van der Waals surface area (Å²) >= 11 is 0. The lowest BCUT2D eigenvalue weighted by molar-refractivity contribution is -0.123. The van der Waals surface area contributed by atoms with Crippen LogP contribution in [0.5, 0.6) is 5.75 Å². The maximum atomic E-state index is 12.4. The number of aryl methyl sites for hydroxylation is 1. The Hall–Kier alpha value is -4.16. The fourth-order valence-corrected chi connectivity index (χ4v) is 4.83. The number of methoxy groups -OCH3 is 1. The number of para-hydroxylation sites is 1. The van der Waals surface area contributed by atoms with E-state index in [0.717, 1.165) is 63.7 Å². The monoisotopic (exact) mass is 523 g/mol. The number of rotatable bonds is 12. The van der Waals surface area contributed by atoms with Crippen LogP contribution in [0.1, 0.15) is 31.4 Å². The van der Waals surface area contributed by atoms with Gasteiger partial charge in [0.25, 0.3) is 0 Å². The van der Waals surface area contributed by atoms with E-state index in [1.807, 2.05) is 62.4 Å². The summed E-state index contributed by atoms with van der Waals surface area (Å²) in [4.78, 5) is 26.4. The molecule has 0 aromatic heterocycles. The molecule has 0 saturated heterocycles. The molecule has 2 atom stereocenters. The van der Waals surface area contributed by atoms with E-state index in [4.69, 9.17) is 4.74 Å². The highest BCUT2D eigenvalue weighted by Crippen LogP contribution is 2.34. The molecule has 1 unspecified atom stereocenters. The minimum atomic E-state index is -0.246. The molecule has 6 nitrogen and oxygen atoms in total. The molecule has 2 amide bonds. The van der Waals surface area contributed by atoms with Crippen LogP contribution in [0.2, 0.25) is 0 Å². The van der Waals surface area contributed by atoms with Gasteiger partial charge >= 0.3 is 0 Å². The number of carbonyl (C=O) groups is 2. The van der Waals surface area contributed by atoms with Gasteiger partial charge in [-0.05, 0) is 79.4 Å². The third-order valence-electron chi connectivity index (χ3n) is 7.23. The van der Waals surface area contributed by atoms with Crippen molar-refractivity contribution in [2.45, 2.75) is 45.3 Å². The second kappa shape index (κ2) is 13.1.